The number of carbonyl (C=O) groups is 1. The van der Waals surface area contributed by atoms with Crippen molar-refractivity contribution in [3.63, 3.8) is 0 Å². The van der Waals surface area contributed by atoms with Gasteiger partial charge in [0.25, 0.3) is 0 Å². The average Bonchev–Trinajstić information content (AvgIpc) is 2.34. The number of rotatable bonds is 6. The summed E-state index contributed by atoms with van der Waals surface area (Å²) in [5.74, 6) is 0.434. The number of hydrogen-bond donors (Lipinski definition) is 3. The predicted molar refractivity (Wildman–Crippen MR) is 69.7 cm³/mol. The van der Waals surface area contributed by atoms with Crippen LogP contribution in [0.15, 0.2) is 12.4 Å². The van der Waals surface area contributed by atoms with Crippen LogP contribution < -0.4 is 16.4 Å². The number of nitrogens with zero attached hydrogens (tertiary/aromatic N) is 2. The molecule has 0 radical (unpaired) electrons. The molecule has 0 aliphatic heterocycles. The topological polar surface area (TPSA) is 92.9 Å². The molecule has 6 nitrogen and oxygen atoms in total. The van der Waals surface area contributed by atoms with Crippen LogP contribution in [0.1, 0.15) is 19.0 Å². The fraction of sp³-hybridized carbons (Fsp3) is 0.400. The first kappa shape index (κ1) is 13.3. The highest BCUT2D eigenvalue weighted by molar-refractivity contribution is 7.80. The monoisotopic (exact) mass is 253 g/mol. The van der Waals surface area contributed by atoms with E-state index in [2.05, 4.69) is 20.6 Å². The Morgan fingerprint density at radius 3 is 2.76 bits per heavy atom. The van der Waals surface area contributed by atoms with Crippen molar-refractivity contribution in [1.82, 2.24) is 15.3 Å². The first-order valence-corrected chi connectivity index (χ1v) is 5.66. The summed E-state index contributed by atoms with van der Waals surface area (Å²) in [6, 6.07) is 0. The number of nitrogens with one attached hydrogen (secondary N) is 2. The van der Waals surface area contributed by atoms with Crippen molar-refractivity contribution < 1.29 is 4.79 Å². The van der Waals surface area contributed by atoms with E-state index in [1.807, 2.05) is 6.92 Å². The van der Waals surface area contributed by atoms with Gasteiger partial charge in [-0.05, 0) is 6.42 Å². The molecule has 0 aliphatic carbocycles. The van der Waals surface area contributed by atoms with E-state index in [-0.39, 0.29) is 17.4 Å². The molecule has 0 bridgehead atoms. The lowest BCUT2D eigenvalue weighted by Gasteiger charge is -2.06. The molecule has 0 spiro atoms. The summed E-state index contributed by atoms with van der Waals surface area (Å²) in [5.41, 5.74) is 5.84. The van der Waals surface area contributed by atoms with Crippen molar-refractivity contribution in [2.75, 3.05) is 18.4 Å². The number of anilines is 1. The lowest BCUT2D eigenvalue weighted by Crippen LogP contribution is -2.30. The summed E-state index contributed by atoms with van der Waals surface area (Å²) in [5, 5.41) is 5.59. The van der Waals surface area contributed by atoms with Gasteiger partial charge < -0.3 is 16.4 Å². The first-order valence-electron chi connectivity index (χ1n) is 5.26. The van der Waals surface area contributed by atoms with Crippen LogP contribution in [0, 0.1) is 0 Å². The molecule has 0 saturated carbocycles. The van der Waals surface area contributed by atoms with Crippen molar-refractivity contribution in [3.8, 4) is 0 Å². The van der Waals surface area contributed by atoms with Gasteiger partial charge in [0.05, 0.1) is 18.9 Å². The second kappa shape index (κ2) is 6.74. The standard InChI is InChI=1S/C10H15N5OS/c1-2-3-12-9(16)6-15-8-5-13-7(4-14-8)10(11)17/h4-5H,2-3,6H2,1H3,(H2,11,17)(H,12,16)(H,14,15). The highest BCUT2D eigenvalue weighted by Gasteiger charge is 2.02. The van der Waals surface area contributed by atoms with Gasteiger partial charge in [0.15, 0.2) is 0 Å². The molecule has 0 aromatic carbocycles. The van der Waals surface area contributed by atoms with E-state index in [1.165, 1.54) is 12.4 Å². The minimum absolute atomic E-state index is 0.0768. The number of thiocarbonyl (C=S) groups is 1. The maximum absolute atomic E-state index is 11.3. The minimum Gasteiger partial charge on any atom is -0.388 e. The van der Waals surface area contributed by atoms with E-state index in [1.54, 1.807) is 0 Å². The summed E-state index contributed by atoms with van der Waals surface area (Å²) < 4.78 is 0. The van der Waals surface area contributed by atoms with E-state index < -0.39 is 0 Å². The second-order valence-electron chi connectivity index (χ2n) is 3.35. The predicted octanol–water partition coefficient (Wildman–Crippen LogP) is 0.0489. The molecule has 1 aromatic rings. The summed E-state index contributed by atoms with van der Waals surface area (Å²) in [6.45, 7) is 2.83. The molecule has 0 saturated heterocycles. The maximum Gasteiger partial charge on any atom is 0.239 e. The molecular formula is C10H15N5OS. The molecule has 0 unspecified atom stereocenters. The lowest BCUT2D eigenvalue weighted by atomic mass is 10.4. The zero-order chi connectivity index (χ0) is 12.7. The SMILES string of the molecule is CCCNC(=O)CNc1cnc(C(N)=S)cn1. The van der Waals surface area contributed by atoms with Crippen LogP contribution in [-0.4, -0.2) is 34.0 Å². The van der Waals surface area contributed by atoms with Crippen LogP contribution in [-0.2, 0) is 4.79 Å². The molecule has 1 rings (SSSR count). The Morgan fingerprint density at radius 1 is 1.47 bits per heavy atom. The third kappa shape index (κ3) is 4.73. The van der Waals surface area contributed by atoms with Crippen LogP contribution in [0.2, 0.25) is 0 Å². The molecule has 17 heavy (non-hydrogen) atoms. The Morgan fingerprint density at radius 2 is 2.24 bits per heavy atom. The summed E-state index contributed by atoms with van der Waals surface area (Å²) in [4.78, 5) is 19.5. The quantitative estimate of drug-likeness (QED) is 0.620. The van der Waals surface area contributed by atoms with Crippen molar-refractivity contribution in [2.24, 2.45) is 5.73 Å². The van der Waals surface area contributed by atoms with Gasteiger partial charge in [-0.1, -0.05) is 19.1 Å². The molecule has 4 N–H and O–H groups in total. The normalized spacial score (nSPS) is 9.71. The van der Waals surface area contributed by atoms with E-state index in [0.29, 0.717) is 18.1 Å². The van der Waals surface area contributed by atoms with E-state index >= 15 is 0 Å². The third-order valence-corrected chi connectivity index (χ3v) is 2.12. The van der Waals surface area contributed by atoms with Crippen LogP contribution in [0.3, 0.4) is 0 Å². The number of nitrogens with two attached hydrogens (primary N) is 1. The second-order valence-corrected chi connectivity index (χ2v) is 3.79. The van der Waals surface area contributed by atoms with E-state index in [4.69, 9.17) is 18.0 Å². The average molecular weight is 253 g/mol. The zero-order valence-electron chi connectivity index (χ0n) is 9.56. The fourth-order valence-electron chi connectivity index (χ4n) is 1.04. The summed E-state index contributed by atoms with van der Waals surface area (Å²) >= 11 is 4.75. The van der Waals surface area contributed by atoms with Crippen LogP contribution >= 0.6 is 12.2 Å². The largest absolute Gasteiger partial charge is 0.388 e. The zero-order valence-corrected chi connectivity index (χ0v) is 10.4. The molecule has 0 aliphatic rings. The Kier molecular flexibility index (Phi) is 5.28. The van der Waals surface area contributed by atoms with Gasteiger partial charge >= 0.3 is 0 Å². The van der Waals surface area contributed by atoms with Crippen molar-refractivity contribution in [1.29, 1.82) is 0 Å². The number of hydrogen-bond acceptors (Lipinski definition) is 5. The van der Waals surface area contributed by atoms with Gasteiger partial charge in [-0.2, -0.15) is 0 Å². The number of amides is 1. The molecular weight excluding hydrogens is 238 g/mol. The Balaban J connectivity index is 2.42. The van der Waals surface area contributed by atoms with Gasteiger partial charge in [-0.3, -0.25) is 4.79 Å². The van der Waals surface area contributed by atoms with Gasteiger partial charge in [-0.25, -0.2) is 9.97 Å². The molecule has 1 aromatic heterocycles. The molecule has 7 heteroatoms. The van der Waals surface area contributed by atoms with Gasteiger partial charge in [0.2, 0.25) is 5.91 Å². The molecule has 1 heterocycles. The Bertz CT molecular complexity index is 392. The van der Waals surface area contributed by atoms with E-state index in [0.717, 1.165) is 6.42 Å². The Labute approximate surface area is 105 Å². The number of carbonyl (C=O) groups excluding carboxylic acids is 1. The summed E-state index contributed by atoms with van der Waals surface area (Å²) in [7, 11) is 0. The smallest absolute Gasteiger partial charge is 0.239 e. The molecule has 92 valence electrons. The van der Waals surface area contributed by atoms with Gasteiger partial charge in [-0.15, -0.1) is 0 Å². The molecule has 1 amide bonds. The minimum atomic E-state index is -0.0768. The van der Waals surface area contributed by atoms with Crippen LogP contribution in [0.4, 0.5) is 5.82 Å². The number of aromatic nitrogens is 2. The van der Waals surface area contributed by atoms with Crippen LogP contribution in [0.25, 0.3) is 0 Å². The van der Waals surface area contributed by atoms with Crippen molar-refractivity contribution in [2.45, 2.75) is 13.3 Å². The lowest BCUT2D eigenvalue weighted by molar-refractivity contribution is -0.119. The maximum atomic E-state index is 11.3. The molecule has 0 fully saturated rings. The third-order valence-electron chi connectivity index (χ3n) is 1.91. The van der Waals surface area contributed by atoms with Crippen molar-refractivity contribution in [3.05, 3.63) is 18.1 Å². The van der Waals surface area contributed by atoms with E-state index in [9.17, 15) is 4.79 Å². The highest BCUT2D eigenvalue weighted by atomic mass is 32.1. The van der Waals surface area contributed by atoms with Gasteiger partial charge in [0, 0.05) is 6.54 Å². The highest BCUT2D eigenvalue weighted by Crippen LogP contribution is 2.00. The van der Waals surface area contributed by atoms with Crippen molar-refractivity contribution >= 4 is 28.9 Å². The first-order chi connectivity index (χ1) is 8.13. The molecule has 0 atom stereocenters. The summed E-state index contributed by atoms with van der Waals surface area (Å²) in [6.07, 6.45) is 3.87. The Hall–Kier alpha value is -1.76. The van der Waals surface area contributed by atoms with Gasteiger partial charge in [0.1, 0.15) is 16.5 Å². The van der Waals surface area contributed by atoms with Crippen LogP contribution in [0.5, 0.6) is 0 Å². The fourth-order valence-corrected chi connectivity index (χ4v) is 1.15.